The van der Waals surface area contributed by atoms with Gasteiger partial charge in [0.1, 0.15) is 5.69 Å². The summed E-state index contributed by atoms with van der Waals surface area (Å²) in [5.74, 6) is -1.30. The van der Waals surface area contributed by atoms with Crippen LogP contribution >= 0.6 is 0 Å². The van der Waals surface area contributed by atoms with E-state index in [0.29, 0.717) is 31.9 Å². The van der Waals surface area contributed by atoms with Gasteiger partial charge in [-0.25, -0.2) is 9.78 Å². The van der Waals surface area contributed by atoms with Gasteiger partial charge >= 0.3 is 5.97 Å². The van der Waals surface area contributed by atoms with Gasteiger partial charge < -0.3 is 19.5 Å². The van der Waals surface area contributed by atoms with E-state index >= 15 is 0 Å². The van der Waals surface area contributed by atoms with Crippen molar-refractivity contribution >= 4 is 11.9 Å². The fourth-order valence-corrected chi connectivity index (χ4v) is 2.02. The zero-order chi connectivity index (χ0) is 14.5. The van der Waals surface area contributed by atoms with Gasteiger partial charge in [-0.3, -0.25) is 4.79 Å². The molecule has 0 bridgehead atoms. The number of hydrogen-bond donors (Lipinski definition) is 1. The summed E-state index contributed by atoms with van der Waals surface area (Å²) >= 11 is 0. The van der Waals surface area contributed by atoms with Crippen LogP contribution in [0.25, 0.3) is 0 Å². The van der Waals surface area contributed by atoms with Crippen molar-refractivity contribution in [2.45, 2.75) is 6.10 Å². The van der Waals surface area contributed by atoms with Crippen LogP contribution in [0.3, 0.4) is 0 Å². The molecule has 1 amide bonds. The Morgan fingerprint density at radius 3 is 2.95 bits per heavy atom. The van der Waals surface area contributed by atoms with Crippen LogP contribution in [0.15, 0.2) is 18.3 Å². The number of aromatic carboxylic acids is 1. The molecule has 1 N–H and O–H groups in total. The van der Waals surface area contributed by atoms with E-state index < -0.39 is 5.97 Å². The first kappa shape index (κ1) is 14.4. The Bertz CT molecular complexity index is 486. The van der Waals surface area contributed by atoms with Crippen LogP contribution < -0.4 is 0 Å². The van der Waals surface area contributed by atoms with Gasteiger partial charge in [0.25, 0.3) is 5.91 Å². The smallest absolute Gasteiger partial charge is 0.354 e. The number of carbonyl (C=O) groups excluding carboxylic acids is 1. The number of methoxy groups -OCH3 is 1. The largest absolute Gasteiger partial charge is 0.477 e. The Morgan fingerprint density at radius 2 is 2.35 bits per heavy atom. The lowest BCUT2D eigenvalue weighted by Crippen LogP contribution is -2.47. The average molecular weight is 280 g/mol. The van der Waals surface area contributed by atoms with Crippen molar-refractivity contribution in [2.75, 3.05) is 33.4 Å². The van der Waals surface area contributed by atoms with E-state index in [9.17, 15) is 9.59 Å². The topological polar surface area (TPSA) is 89.0 Å². The summed E-state index contributed by atoms with van der Waals surface area (Å²) in [5.41, 5.74) is 0.286. The quantitative estimate of drug-likeness (QED) is 0.851. The molecule has 0 spiro atoms. The molecule has 1 fully saturated rings. The molecule has 0 radical (unpaired) electrons. The lowest BCUT2D eigenvalue weighted by Gasteiger charge is -2.32. The fraction of sp³-hybridized carbons (Fsp3) is 0.462. The first-order valence-corrected chi connectivity index (χ1v) is 6.21. The van der Waals surface area contributed by atoms with Gasteiger partial charge in [-0.1, -0.05) is 0 Å². The number of ether oxygens (including phenoxy) is 2. The van der Waals surface area contributed by atoms with Crippen molar-refractivity contribution in [3.05, 3.63) is 29.6 Å². The molecular formula is C13H16N2O5. The van der Waals surface area contributed by atoms with Crippen molar-refractivity contribution in [2.24, 2.45) is 0 Å². The third-order valence-corrected chi connectivity index (χ3v) is 3.01. The molecule has 1 aliphatic heterocycles. The molecule has 1 aromatic rings. The molecule has 108 valence electrons. The van der Waals surface area contributed by atoms with Gasteiger partial charge in [0.15, 0.2) is 0 Å². The molecule has 0 aromatic carbocycles. The Morgan fingerprint density at radius 1 is 1.55 bits per heavy atom. The molecule has 0 saturated carbocycles. The summed E-state index contributed by atoms with van der Waals surface area (Å²) in [6.45, 7) is 1.84. The van der Waals surface area contributed by atoms with E-state index in [2.05, 4.69) is 4.98 Å². The van der Waals surface area contributed by atoms with E-state index in [1.807, 2.05) is 0 Å². The average Bonchev–Trinajstić information content (AvgIpc) is 2.47. The van der Waals surface area contributed by atoms with Crippen LogP contribution in [-0.4, -0.2) is 66.4 Å². The number of pyridine rings is 1. The summed E-state index contributed by atoms with van der Waals surface area (Å²) in [7, 11) is 1.58. The molecular weight excluding hydrogens is 264 g/mol. The number of hydrogen-bond acceptors (Lipinski definition) is 5. The first-order chi connectivity index (χ1) is 9.61. The Hall–Kier alpha value is -1.99. The summed E-state index contributed by atoms with van der Waals surface area (Å²) in [6, 6.07) is 2.79. The summed E-state index contributed by atoms with van der Waals surface area (Å²) in [5, 5.41) is 8.77. The second-order valence-electron chi connectivity index (χ2n) is 4.44. The third-order valence-electron chi connectivity index (χ3n) is 3.01. The number of carboxylic acid groups (broad SMARTS) is 1. The number of aromatic nitrogens is 1. The summed E-state index contributed by atoms with van der Waals surface area (Å²) < 4.78 is 10.5. The molecule has 0 aliphatic carbocycles. The Labute approximate surface area is 116 Å². The summed E-state index contributed by atoms with van der Waals surface area (Å²) in [4.78, 5) is 28.4. The molecule has 7 heteroatoms. The standard InChI is InChI=1S/C13H16N2O5/c1-19-8-10-7-15(4-5-20-10)12(16)9-2-3-11(13(17)18)14-6-9/h2-3,6,10H,4-5,7-8H2,1H3,(H,17,18). The highest BCUT2D eigenvalue weighted by Gasteiger charge is 2.25. The molecule has 1 aromatic heterocycles. The van der Waals surface area contributed by atoms with Crippen LogP contribution in [0.2, 0.25) is 0 Å². The van der Waals surface area contributed by atoms with Crippen LogP contribution in [0.1, 0.15) is 20.8 Å². The second kappa shape index (κ2) is 6.44. The van der Waals surface area contributed by atoms with Crippen molar-refractivity contribution in [1.29, 1.82) is 0 Å². The highest BCUT2D eigenvalue weighted by molar-refractivity contribution is 5.95. The predicted octanol–water partition coefficient (Wildman–Crippen LogP) is 0.267. The SMILES string of the molecule is COCC1CN(C(=O)c2ccc(C(=O)O)nc2)CCO1. The highest BCUT2D eigenvalue weighted by atomic mass is 16.5. The van der Waals surface area contributed by atoms with E-state index in [1.165, 1.54) is 18.3 Å². The highest BCUT2D eigenvalue weighted by Crippen LogP contribution is 2.11. The normalized spacial score (nSPS) is 18.9. The van der Waals surface area contributed by atoms with E-state index in [1.54, 1.807) is 12.0 Å². The number of carboxylic acids is 1. The monoisotopic (exact) mass is 280 g/mol. The molecule has 7 nitrogen and oxygen atoms in total. The van der Waals surface area contributed by atoms with Gasteiger partial charge in [-0.15, -0.1) is 0 Å². The number of rotatable bonds is 4. The molecule has 2 rings (SSSR count). The maximum atomic E-state index is 12.3. The lowest BCUT2D eigenvalue weighted by atomic mass is 10.2. The Balaban J connectivity index is 2.04. The number of morpholine rings is 1. The first-order valence-electron chi connectivity index (χ1n) is 6.21. The zero-order valence-electron chi connectivity index (χ0n) is 11.1. The maximum Gasteiger partial charge on any atom is 0.354 e. The van der Waals surface area contributed by atoms with Crippen molar-refractivity contribution < 1.29 is 24.2 Å². The fourth-order valence-electron chi connectivity index (χ4n) is 2.02. The van der Waals surface area contributed by atoms with Crippen LogP contribution in [0.4, 0.5) is 0 Å². The minimum Gasteiger partial charge on any atom is -0.477 e. The molecule has 1 saturated heterocycles. The predicted molar refractivity (Wildman–Crippen MR) is 68.7 cm³/mol. The molecule has 2 heterocycles. The van der Waals surface area contributed by atoms with Gasteiger partial charge in [-0.2, -0.15) is 0 Å². The van der Waals surface area contributed by atoms with Gasteiger partial charge in [0, 0.05) is 26.4 Å². The van der Waals surface area contributed by atoms with Gasteiger partial charge in [-0.05, 0) is 12.1 Å². The summed E-state index contributed by atoms with van der Waals surface area (Å²) in [6.07, 6.45) is 1.15. The number of nitrogens with zero attached hydrogens (tertiary/aromatic N) is 2. The van der Waals surface area contributed by atoms with Crippen molar-refractivity contribution in [1.82, 2.24) is 9.88 Å². The third kappa shape index (κ3) is 3.31. The lowest BCUT2D eigenvalue weighted by molar-refractivity contribution is -0.0531. The molecule has 1 unspecified atom stereocenters. The molecule has 1 atom stereocenters. The maximum absolute atomic E-state index is 12.3. The van der Waals surface area contributed by atoms with Crippen LogP contribution in [0, 0.1) is 0 Å². The second-order valence-corrected chi connectivity index (χ2v) is 4.44. The van der Waals surface area contributed by atoms with Crippen molar-refractivity contribution in [3.63, 3.8) is 0 Å². The molecule has 1 aliphatic rings. The minimum atomic E-state index is -1.12. The van der Waals surface area contributed by atoms with E-state index in [4.69, 9.17) is 14.6 Å². The van der Waals surface area contributed by atoms with Crippen LogP contribution in [-0.2, 0) is 9.47 Å². The van der Waals surface area contributed by atoms with E-state index in [-0.39, 0.29) is 17.7 Å². The number of carbonyl (C=O) groups is 2. The van der Waals surface area contributed by atoms with Gasteiger partial charge in [0.05, 0.1) is 24.9 Å². The minimum absolute atomic E-state index is 0.0826. The van der Waals surface area contributed by atoms with Crippen LogP contribution in [0.5, 0.6) is 0 Å². The molecule has 20 heavy (non-hydrogen) atoms. The van der Waals surface area contributed by atoms with Crippen molar-refractivity contribution in [3.8, 4) is 0 Å². The van der Waals surface area contributed by atoms with E-state index in [0.717, 1.165) is 0 Å². The zero-order valence-corrected chi connectivity index (χ0v) is 11.1. The number of amides is 1. The van der Waals surface area contributed by atoms with Gasteiger partial charge in [0.2, 0.25) is 0 Å². The Kier molecular flexibility index (Phi) is 4.65.